The Morgan fingerprint density at radius 1 is 0.900 bits per heavy atom. The van der Waals surface area contributed by atoms with Crippen LogP contribution in [-0.4, -0.2) is 18.8 Å². The molecule has 2 N–H and O–H groups in total. The van der Waals surface area contributed by atoms with Crippen molar-refractivity contribution in [1.29, 1.82) is 0 Å². The maximum atomic E-state index is 10.6. The molecule has 0 spiro atoms. The lowest BCUT2D eigenvalue weighted by Gasteiger charge is -2.03. The molecule has 20 heavy (non-hydrogen) atoms. The summed E-state index contributed by atoms with van der Waals surface area (Å²) in [6.07, 6.45) is 0. The molecule has 0 fully saturated rings. The summed E-state index contributed by atoms with van der Waals surface area (Å²) in [6.45, 7) is 0. The predicted molar refractivity (Wildman–Crippen MR) is 77.1 cm³/mol. The normalized spacial score (nSPS) is 11.7. The van der Waals surface area contributed by atoms with E-state index in [1.807, 2.05) is 30.3 Å². The lowest BCUT2D eigenvalue weighted by atomic mass is 10.3. The van der Waals surface area contributed by atoms with Crippen molar-refractivity contribution in [3.8, 4) is 0 Å². The van der Waals surface area contributed by atoms with Gasteiger partial charge in [-0.1, -0.05) is 18.2 Å². The lowest BCUT2D eigenvalue weighted by Crippen LogP contribution is -2.12. The van der Waals surface area contributed by atoms with E-state index >= 15 is 0 Å². The molecule has 0 aliphatic carbocycles. The Bertz CT molecular complexity index is 683. The van der Waals surface area contributed by atoms with Crippen LogP contribution in [0, 0.1) is 0 Å². The summed E-state index contributed by atoms with van der Waals surface area (Å²) in [6, 6.07) is 16.0. The number of hydrogen-bond donors (Lipinski definition) is 2. The molecule has 0 aromatic heterocycles. The van der Waals surface area contributed by atoms with Crippen molar-refractivity contribution in [3.05, 3.63) is 54.6 Å². The highest BCUT2D eigenvalue weighted by Gasteiger charge is 2.03. The van der Waals surface area contributed by atoms with E-state index in [2.05, 4.69) is 15.5 Å². The summed E-state index contributed by atoms with van der Waals surface area (Å²) in [4.78, 5) is 0. The summed E-state index contributed by atoms with van der Waals surface area (Å²) in [5.74, 6) is -0.530. The van der Waals surface area contributed by atoms with Gasteiger partial charge in [-0.3, -0.25) is 4.55 Å². The first-order valence-electron chi connectivity index (χ1n) is 5.79. The summed E-state index contributed by atoms with van der Waals surface area (Å²) >= 11 is 0. The van der Waals surface area contributed by atoms with Crippen molar-refractivity contribution in [2.24, 2.45) is 10.2 Å². The molecule has 7 heteroatoms. The van der Waals surface area contributed by atoms with Gasteiger partial charge >= 0.3 is 0 Å². The van der Waals surface area contributed by atoms with E-state index in [-0.39, 0.29) is 0 Å². The van der Waals surface area contributed by atoms with Crippen molar-refractivity contribution in [1.82, 2.24) is 0 Å². The van der Waals surface area contributed by atoms with Crippen LogP contribution in [0.25, 0.3) is 0 Å². The van der Waals surface area contributed by atoms with E-state index in [1.54, 1.807) is 24.3 Å². The lowest BCUT2D eigenvalue weighted by molar-refractivity contribution is 0.485. The standard InChI is InChI=1S/C13H13N3O3S/c17-20(18,19)10-14-11-6-8-13(9-7-11)16-15-12-4-2-1-3-5-12/h1-9,14H,10H2,(H,17,18,19). The molecule has 0 atom stereocenters. The first kappa shape index (κ1) is 14.2. The number of nitrogens with zero attached hydrogens (tertiary/aromatic N) is 2. The Kier molecular flexibility index (Phi) is 4.44. The fraction of sp³-hybridized carbons (Fsp3) is 0.0769. The van der Waals surface area contributed by atoms with Crippen LogP contribution in [0.2, 0.25) is 0 Å². The van der Waals surface area contributed by atoms with Gasteiger partial charge in [-0.2, -0.15) is 18.6 Å². The van der Waals surface area contributed by atoms with Crippen LogP contribution < -0.4 is 5.32 Å². The second-order valence-corrected chi connectivity index (χ2v) is 5.44. The smallest absolute Gasteiger partial charge is 0.283 e. The zero-order valence-electron chi connectivity index (χ0n) is 10.5. The van der Waals surface area contributed by atoms with Gasteiger partial charge in [-0.25, -0.2) is 0 Å². The quantitative estimate of drug-likeness (QED) is 0.652. The first-order valence-corrected chi connectivity index (χ1v) is 7.40. The number of rotatable bonds is 5. The Morgan fingerprint density at radius 3 is 2.00 bits per heavy atom. The Morgan fingerprint density at radius 2 is 1.45 bits per heavy atom. The number of benzene rings is 2. The summed E-state index contributed by atoms with van der Waals surface area (Å²) in [5, 5.41) is 10.7. The highest BCUT2D eigenvalue weighted by atomic mass is 32.2. The van der Waals surface area contributed by atoms with Crippen LogP contribution in [0.15, 0.2) is 64.8 Å². The molecule has 0 aliphatic rings. The maximum absolute atomic E-state index is 10.6. The maximum Gasteiger partial charge on any atom is 0.283 e. The zero-order valence-corrected chi connectivity index (χ0v) is 11.3. The third-order valence-electron chi connectivity index (χ3n) is 2.36. The van der Waals surface area contributed by atoms with Crippen LogP contribution >= 0.6 is 0 Å². The summed E-state index contributed by atoms with van der Waals surface area (Å²) < 4.78 is 29.8. The molecule has 0 radical (unpaired) electrons. The Balaban J connectivity index is 2.00. The molecule has 2 aromatic rings. The molecule has 0 aliphatic heterocycles. The summed E-state index contributed by atoms with van der Waals surface area (Å²) in [7, 11) is -4.03. The highest BCUT2D eigenvalue weighted by molar-refractivity contribution is 7.85. The first-order chi connectivity index (χ1) is 9.53. The fourth-order valence-electron chi connectivity index (χ4n) is 1.43. The van der Waals surface area contributed by atoms with Gasteiger partial charge in [0.25, 0.3) is 10.1 Å². The second kappa shape index (κ2) is 6.27. The van der Waals surface area contributed by atoms with E-state index < -0.39 is 16.0 Å². The van der Waals surface area contributed by atoms with Crippen molar-refractivity contribution < 1.29 is 13.0 Å². The number of hydrogen-bond acceptors (Lipinski definition) is 5. The molecule has 0 unspecified atom stereocenters. The minimum Gasteiger partial charge on any atom is -0.370 e. The molecule has 2 rings (SSSR count). The van der Waals surface area contributed by atoms with Gasteiger partial charge in [0.15, 0.2) is 0 Å². The van der Waals surface area contributed by atoms with E-state index in [0.29, 0.717) is 11.4 Å². The van der Waals surface area contributed by atoms with Crippen molar-refractivity contribution >= 4 is 27.2 Å². The molecule has 6 nitrogen and oxygen atoms in total. The summed E-state index contributed by atoms with van der Waals surface area (Å²) in [5.41, 5.74) is 1.97. The number of anilines is 1. The monoisotopic (exact) mass is 291 g/mol. The average Bonchev–Trinajstić information content (AvgIpc) is 2.44. The van der Waals surface area contributed by atoms with Gasteiger partial charge in [-0.15, -0.1) is 0 Å². The molecular formula is C13H13N3O3S. The Labute approximate surface area is 116 Å². The van der Waals surface area contributed by atoms with E-state index in [4.69, 9.17) is 4.55 Å². The molecule has 2 aromatic carbocycles. The van der Waals surface area contributed by atoms with Gasteiger partial charge in [-0.05, 0) is 36.4 Å². The SMILES string of the molecule is O=S(=O)(O)CNc1ccc(N=Nc2ccccc2)cc1. The minimum atomic E-state index is -4.03. The predicted octanol–water partition coefficient (Wildman–Crippen LogP) is 3.36. The van der Waals surface area contributed by atoms with E-state index in [1.165, 1.54) is 0 Å². The fourth-order valence-corrected chi connectivity index (χ4v) is 1.78. The van der Waals surface area contributed by atoms with Gasteiger partial charge in [0.05, 0.1) is 11.4 Å². The van der Waals surface area contributed by atoms with Crippen LogP contribution in [0.4, 0.5) is 17.1 Å². The van der Waals surface area contributed by atoms with Crippen molar-refractivity contribution in [2.75, 3.05) is 11.2 Å². The number of nitrogens with one attached hydrogen (secondary N) is 1. The van der Waals surface area contributed by atoms with Crippen LogP contribution in [0.5, 0.6) is 0 Å². The molecule has 104 valence electrons. The molecule has 0 amide bonds. The van der Waals surface area contributed by atoms with Crippen molar-refractivity contribution in [2.45, 2.75) is 0 Å². The van der Waals surface area contributed by atoms with Gasteiger partial charge in [0.1, 0.15) is 5.88 Å². The topological polar surface area (TPSA) is 91.1 Å². The van der Waals surface area contributed by atoms with Crippen LogP contribution in [0.1, 0.15) is 0 Å². The van der Waals surface area contributed by atoms with Gasteiger partial charge in [0.2, 0.25) is 0 Å². The molecule has 0 heterocycles. The molecule has 0 saturated heterocycles. The van der Waals surface area contributed by atoms with E-state index in [9.17, 15) is 8.42 Å². The Hall–Kier alpha value is -2.25. The van der Waals surface area contributed by atoms with Crippen LogP contribution in [-0.2, 0) is 10.1 Å². The van der Waals surface area contributed by atoms with E-state index in [0.717, 1.165) is 5.69 Å². The average molecular weight is 291 g/mol. The molecular weight excluding hydrogens is 278 g/mol. The van der Waals surface area contributed by atoms with Crippen molar-refractivity contribution in [3.63, 3.8) is 0 Å². The van der Waals surface area contributed by atoms with Crippen LogP contribution in [0.3, 0.4) is 0 Å². The largest absolute Gasteiger partial charge is 0.370 e. The highest BCUT2D eigenvalue weighted by Crippen LogP contribution is 2.19. The van der Waals surface area contributed by atoms with Gasteiger partial charge < -0.3 is 5.32 Å². The molecule has 0 saturated carbocycles. The third kappa shape index (κ3) is 4.79. The van der Waals surface area contributed by atoms with Gasteiger partial charge in [0, 0.05) is 5.69 Å². The number of azo groups is 1. The third-order valence-corrected chi connectivity index (χ3v) is 2.87. The zero-order chi connectivity index (χ0) is 14.4. The molecule has 0 bridgehead atoms. The second-order valence-electron chi connectivity index (χ2n) is 3.99. The minimum absolute atomic E-state index is 0.530.